The maximum atomic E-state index is 13.7. The maximum absolute atomic E-state index is 13.7. The summed E-state index contributed by atoms with van der Waals surface area (Å²) >= 11 is 0. The number of hydrogen-bond acceptors (Lipinski definition) is 7. The Balaban J connectivity index is 1.58. The lowest BCUT2D eigenvalue weighted by Gasteiger charge is -2.29. The summed E-state index contributed by atoms with van der Waals surface area (Å²) in [5, 5.41) is 8.02. The van der Waals surface area contributed by atoms with Crippen molar-refractivity contribution in [2.24, 2.45) is 0 Å². The summed E-state index contributed by atoms with van der Waals surface area (Å²) in [5.41, 5.74) is 1.92. The van der Waals surface area contributed by atoms with E-state index in [1.807, 2.05) is 28.9 Å². The van der Waals surface area contributed by atoms with Crippen molar-refractivity contribution < 1.29 is 23.8 Å². The molecule has 1 aliphatic carbocycles. The van der Waals surface area contributed by atoms with Gasteiger partial charge in [-0.05, 0) is 63.4 Å². The van der Waals surface area contributed by atoms with E-state index in [2.05, 4.69) is 10.2 Å². The molecule has 1 atom stereocenters. The van der Waals surface area contributed by atoms with Crippen LogP contribution in [0.4, 0.5) is 0 Å². The Labute approximate surface area is 244 Å². The van der Waals surface area contributed by atoms with Gasteiger partial charge in [0.15, 0.2) is 5.69 Å². The Kier molecular flexibility index (Phi) is 11.4. The van der Waals surface area contributed by atoms with Crippen molar-refractivity contribution in [3.8, 4) is 22.8 Å². The molecule has 0 radical (unpaired) electrons. The molecule has 2 aromatic rings. The topological polar surface area (TPSA) is 98.2 Å². The molecule has 10 heteroatoms. The van der Waals surface area contributed by atoms with Crippen LogP contribution in [0.2, 0.25) is 0 Å². The van der Waals surface area contributed by atoms with Crippen molar-refractivity contribution in [1.82, 2.24) is 24.9 Å². The standard InChI is InChI=1S/C31H47N5O5/c1-34(19-20-39-2)29(37)21-23(15-18-35-16-8-5-9-17-35)32-31(38)25-22-26(36(33-25)24-11-6-7-12-24)30-27(40-3)13-10-14-28(30)41-4/h10,13-14,22-24H,5-9,11-12,15-21H2,1-4H3,(H,32,38). The van der Waals surface area contributed by atoms with Crippen LogP contribution in [0.15, 0.2) is 24.3 Å². The largest absolute Gasteiger partial charge is 0.496 e. The molecule has 1 unspecified atom stereocenters. The normalized spacial score (nSPS) is 16.9. The fraction of sp³-hybridized carbons (Fsp3) is 0.645. The van der Waals surface area contributed by atoms with Crippen LogP contribution in [-0.2, 0) is 9.53 Å². The summed E-state index contributed by atoms with van der Waals surface area (Å²) < 4.78 is 18.5. The van der Waals surface area contributed by atoms with Crippen LogP contribution < -0.4 is 14.8 Å². The van der Waals surface area contributed by atoms with Crippen LogP contribution in [0.25, 0.3) is 11.3 Å². The van der Waals surface area contributed by atoms with Crippen molar-refractivity contribution in [3.63, 3.8) is 0 Å². The number of nitrogens with one attached hydrogen (secondary N) is 1. The number of benzene rings is 1. The molecular weight excluding hydrogens is 522 g/mol. The molecule has 1 N–H and O–H groups in total. The van der Waals surface area contributed by atoms with Gasteiger partial charge in [0, 0.05) is 39.7 Å². The van der Waals surface area contributed by atoms with Gasteiger partial charge in [0.25, 0.3) is 5.91 Å². The second-order valence-electron chi connectivity index (χ2n) is 11.2. The highest BCUT2D eigenvalue weighted by Gasteiger charge is 2.28. The number of aromatic nitrogens is 2. The number of rotatable bonds is 14. The first-order chi connectivity index (χ1) is 19.9. The van der Waals surface area contributed by atoms with E-state index in [0.717, 1.165) is 56.6 Å². The monoisotopic (exact) mass is 569 g/mol. The predicted octanol–water partition coefficient (Wildman–Crippen LogP) is 4.15. The fourth-order valence-corrected chi connectivity index (χ4v) is 5.95. The fourth-order valence-electron chi connectivity index (χ4n) is 5.95. The van der Waals surface area contributed by atoms with E-state index in [0.29, 0.717) is 36.8 Å². The maximum Gasteiger partial charge on any atom is 0.272 e. The van der Waals surface area contributed by atoms with Gasteiger partial charge in [0.05, 0.1) is 38.1 Å². The van der Waals surface area contributed by atoms with Crippen LogP contribution in [0.1, 0.15) is 74.3 Å². The third-order valence-electron chi connectivity index (χ3n) is 8.38. The smallest absolute Gasteiger partial charge is 0.272 e. The molecule has 1 saturated carbocycles. The van der Waals surface area contributed by atoms with E-state index in [-0.39, 0.29) is 30.3 Å². The molecule has 2 aliphatic rings. The average Bonchev–Trinajstić information content (AvgIpc) is 3.69. The second-order valence-corrected chi connectivity index (χ2v) is 11.2. The molecule has 10 nitrogen and oxygen atoms in total. The van der Waals surface area contributed by atoms with Crippen molar-refractivity contribution in [2.45, 2.75) is 69.9 Å². The van der Waals surface area contributed by atoms with Crippen molar-refractivity contribution in [3.05, 3.63) is 30.0 Å². The quantitative estimate of drug-likeness (QED) is 0.365. The molecule has 0 spiro atoms. The summed E-state index contributed by atoms with van der Waals surface area (Å²) in [6.45, 7) is 3.97. The number of hydrogen-bond donors (Lipinski definition) is 1. The third-order valence-corrected chi connectivity index (χ3v) is 8.38. The highest BCUT2D eigenvalue weighted by Crippen LogP contribution is 2.41. The van der Waals surface area contributed by atoms with Gasteiger partial charge in [-0.15, -0.1) is 0 Å². The number of carbonyl (C=O) groups excluding carboxylic acids is 2. The minimum Gasteiger partial charge on any atom is -0.496 e. The number of amides is 2. The van der Waals surface area contributed by atoms with Gasteiger partial charge in [0.1, 0.15) is 11.5 Å². The molecule has 0 bridgehead atoms. The zero-order chi connectivity index (χ0) is 29.2. The van der Waals surface area contributed by atoms with Gasteiger partial charge in [-0.3, -0.25) is 14.3 Å². The van der Waals surface area contributed by atoms with E-state index in [1.54, 1.807) is 33.3 Å². The predicted molar refractivity (Wildman–Crippen MR) is 159 cm³/mol. The molecule has 1 saturated heterocycles. The summed E-state index contributed by atoms with van der Waals surface area (Å²) in [4.78, 5) is 30.9. The zero-order valence-corrected chi connectivity index (χ0v) is 25.2. The zero-order valence-electron chi connectivity index (χ0n) is 25.2. The molecule has 2 heterocycles. The lowest BCUT2D eigenvalue weighted by atomic mass is 10.1. The minimum absolute atomic E-state index is 0.0121. The molecule has 1 aromatic heterocycles. The molecule has 2 amide bonds. The van der Waals surface area contributed by atoms with Gasteiger partial charge < -0.3 is 29.3 Å². The Morgan fingerprint density at radius 2 is 1.73 bits per heavy atom. The van der Waals surface area contributed by atoms with Crippen LogP contribution in [0.5, 0.6) is 11.5 Å². The summed E-state index contributed by atoms with van der Waals surface area (Å²) in [5.74, 6) is 1.05. The number of ether oxygens (including phenoxy) is 3. The van der Waals surface area contributed by atoms with Crippen molar-refractivity contribution in [1.29, 1.82) is 0 Å². The first kappa shape index (κ1) is 30.8. The van der Waals surface area contributed by atoms with Crippen LogP contribution in [-0.4, -0.2) is 98.6 Å². The van der Waals surface area contributed by atoms with E-state index in [9.17, 15) is 9.59 Å². The lowest BCUT2D eigenvalue weighted by Crippen LogP contribution is -2.43. The molecule has 41 heavy (non-hydrogen) atoms. The van der Waals surface area contributed by atoms with Crippen LogP contribution >= 0.6 is 0 Å². The number of likely N-dealkylation sites (N-methyl/N-ethyl adjacent to an activating group) is 1. The van der Waals surface area contributed by atoms with Gasteiger partial charge in [-0.1, -0.05) is 25.3 Å². The number of methoxy groups -OCH3 is 3. The Bertz CT molecular complexity index is 1120. The number of nitrogens with zero attached hydrogens (tertiary/aromatic N) is 4. The van der Waals surface area contributed by atoms with Gasteiger partial charge in [-0.25, -0.2) is 0 Å². The van der Waals surface area contributed by atoms with E-state index >= 15 is 0 Å². The Hall–Kier alpha value is -3.11. The number of likely N-dealkylation sites (tertiary alicyclic amines) is 1. The molecule has 226 valence electrons. The molecule has 1 aromatic carbocycles. The number of piperidine rings is 1. The minimum atomic E-state index is -0.303. The molecular formula is C31H47N5O5. The summed E-state index contributed by atoms with van der Waals surface area (Å²) in [6.07, 6.45) is 8.87. The average molecular weight is 570 g/mol. The third kappa shape index (κ3) is 8.01. The highest BCUT2D eigenvalue weighted by atomic mass is 16.5. The second kappa shape index (κ2) is 15.2. The van der Waals surface area contributed by atoms with Crippen molar-refractivity contribution in [2.75, 3.05) is 61.2 Å². The summed E-state index contributed by atoms with van der Waals surface area (Å²) in [7, 11) is 6.67. The van der Waals surface area contributed by atoms with Gasteiger partial charge in [0.2, 0.25) is 5.91 Å². The van der Waals surface area contributed by atoms with E-state index in [1.165, 1.54) is 19.3 Å². The SMILES string of the molecule is COCCN(C)C(=O)CC(CCN1CCCCC1)NC(=O)c1cc(-c2c(OC)cccc2OC)n(C2CCCC2)n1. The lowest BCUT2D eigenvalue weighted by molar-refractivity contribution is -0.131. The Morgan fingerprint density at radius 3 is 2.37 bits per heavy atom. The van der Waals surface area contributed by atoms with Crippen LogP contribution in [0, 0.1) is 0 Å². The number of carbonyl (C=O) groups is 2. The first-order valence-electron chi connectivity index (χ1n) is 15.0. The van der Waals surface area contributed by atoms with Crippen LogP contribution in [0.3, 0.4) is 0 Å². The van der Waals surface area contributed by atoms with E-state index in [4.69, 9.17) is 19.3 Å². The molecule has 1 aliphatic heterocycles. The molecule has 2 fully saturated rings. The van der Waals surface area contributed by atoms with Gasteiger partial charge >= 0.3 is 0 Å². The first-order valence-corrected chi connectivity index (χ1v) is 15.0. The highest BCUT2D eigenvalue weighted by molar-refractivity contribution is 5.94. The summed E-state index contributed by atoms with van der Waals surface area (Å²) in [6, 6.07) is 7.41. The Morgan fingerprint density at radius 1 is 1.05 bits per heavy atom. The van der Waals surface area contributed by atoms with Crippen molar-refractivity contribution >= 4 is 11.8 Å². The molecule has 4 rings (SSSR count). The van der Waals surface area contributed by atoms with Gasteiger partial charge in [-0.2, -0.15) is 5.10 Å². The van der Waals surface area contributed by atoms with E-state index < -0.39 is 0 Å².